The van der Waals surface area contributed by atoms with Crippen LogP contribution in [-0.4, -0.2) is 37.4 Å². The van der Waals surface area contributed by atoms with Crippen LogP contribution in [0.25, 0.3) is 16.7 Å². The monoisotopic (exact) mass is 371 g/mol. The van der Waals surface area contributed by atoms with E-state index in [1.165, 1.54) is 16.3 Å². The smallest absolute Gasteiger partial charge is 0.263 e. The summed E-state index contributed by atoms with van der Waals surface area (Å²) in [7, 11) is 0. The number of allylic oxidation sites excluding steroid dienone is 1. The van der Waals surface area contributed by atoms with Gasteiger partial charge >= 0.3 is 0 Å². The summed E-state index contributed by atoms with van der Waals surface area (Å²) in [6, 6.07) is 7.33. The first-order valence-electron chi connectivity index (χ1n) is 8.54. The van der Waals surface area contributed by atoms with E-state index in [1.807, 2.05) is 22.6 Å². The first-order valence-corrected chi connectivity index (χ1v) is 9.53. The topological polar surface area (TPSA) is 81.3 Å². The molecule has 1 N–H and O–H groups in total. The van der Waals surface area contributed by atoms with Gasteiger partial charge in [-0.1, -0.05) is 43.3 Å². The summed E-state index contributed by atoms with van der Waals surface area (Å²) in [5.41, 5.74) is 0.598. The van der Waals surface area contributed by atoms with Gasteiger partial charge in [0.1, 0.15) is 0 Å². The Morgan fingerprint density at radius 3 is 2.92 bits per heavy atom. The molecule has 7 nitrogen and oxygen atoms in total. The Morgan fingerprint density at radius 1 is 1.35 bits per heavy atom. The van der Waals surface area contributed by atoms with E-state index in [9.17, 15) is 9.59 Å². The van der Waals surface area contributed by atoms with Crippen LogP contribution in [-0.2, 0) is 11.3 Å². The largest absolute Gasteiger partial charge is 0.355 e. The van der Waals surface area contributed by atoms with Crippen LogP contribution in [0.3, 0.4) is 0 Å². The average molecular weight is 371 g/mol. The minimum Gasteiger partial charge on any atom is -0.355 e. The highest BCUT2D eigenvalue weighted by Crippen LogP contribution is 2.21. The van der Waals surface area contributed by atoms with Gasteiger partial charge in [0.05, 0.1) is 16.7 Å². The van der Waals surface area contributed by atoms with Gasteiger partial charge in [-0.3, -0.25) is 18.6 Å². The quantitative estimate of drug-likeness (QED) is 0.373. The van der Waals surface area contributed by atoms with Crippen LogP contribution in [0.4, 0.5) is 0 Å². The van der Waals surface area contributed by atoms with Crippen LogP contribution in [0.15, 0.2) is 46.9 Å². The molecule has 0 bridgehead atoms. The number of nitrogens with zero attached hydrogens (tertiary/aromatic N) is 4. The molecule has 1 amide bonds. The number of fused-ring (bicyclic) bond motifs is 3. The molecule has 3 rings (SSSR count). The fourth-order valence-electron chi connectivity index (χ4n) is 2.71. The third-order valence-electron chi connectivity index (χ3n) is 3.97. The zero-order valence-electron chi connectivity index (χ0n) is 14.6. The van der Waals surface area contributed by atoms with E-state index >= 15 is 0 Å². The van der Waals surface area contributed by atoms with Gasteiger partial charge in [-0.05, 0) is 18.6 Å². The summed E-state index contributed by atoms with van der Waals surface area (Å²) in [5, 5.41) is 12.4. The molecule has 0 unspecified atom stereocenters. The van der Waals surface area contributed by atoms with E-state index in [-0.39, 0.29) is 17.2 Å². The number of amides is 1. The van der Waals surface area contributed by atoms with Crippen LogP contribution in [0.2, 0.25) is 0 Å². The molecule has 0 saturated heterocycles. The van der Waals surface area contributed by atoms with Crippen LogP contribution < -0.4 is 10.9 Å². The molecular formula is C18H21N5O2S. The fraction of sp³-hybridized carbons (Fsp3) is 0.333. The lowest BCUT2D eigenvalue weighted by Crippen LogP contribution is -2.26. The van der Waals surface area contributed by atoms with E-state index in [4.69, 9.17) is 0 Å². The Bertz CT molecular complexity index is 1010. The van der Waals surface area contributed by atoms with Crippen LogP contribution in [0, 0.1) is 0 Å². The second kappa shape index (κ2) is 8.18. The minimum absolute atomic E-state index is 0.0380. The Hall–Kier alpha value is -2.61. The average Bonchev–Trinajstić information content (AvgIpc) is 3.07. The molecule has 136 valence electrons. The van der Waals surface area contributed by atoms with Gasteiger partial charge < -0.3 is 5.32 Å². The maximum atomic E-state index is 12.7. The van der Waals surface area contributed by atoms with E-state index < -0.39 is 0 Å². The molecule has 1 aromatic carbocycles. The number of unbranched alkanes of at least 4 members (excludes halogenated alkanes) is 1. The molecule has 0 aliphatic carbocycles. The summed E-state index contributed by atoms with van der Waals surface area (Å²) in [4.78, 5) is 24.7. The highest BCUT2D eigenvalue weighted by atomic mass is 32.2. The molecular weight excluding hydrogens is 350 g/mol. The Kier molecular flexibility index (Phi) is 5.72. The predicted molar refractivity (Wildman–Crippen MR) is 104 cm³/mol. The van der Waals surface area contributed by atoms with Crippen LogP contribution >= 0.6 is 11.8 Å². The molecule has 2 aromatic heterocycles. The fourth-order valence-corrected chi connectivity index (χ4v) is 3.48. The third-order valence-corrected chi connectivity index (χ3v) is 4.90. The van der Waals surface area contributed by atoms with Crippen molar-refractivity contribution in [1.29, 1.82) is 0 Å². The van der Waals surface area contributed by atoms with Gasteiger partial charge in [-0.25, -0.2) is 0 Å². The number of carbonyl (C=O) groups excluding carboxylic acids is 1. The minimum atomic E-state index is -0.130. The summed E-state index contributed by atoms with van der Waals surface area (Å²) < 4.78 is 3.36. The van der Waals surface area contributed by atoms with Crippen molar-refractivity contribution >= 4 is 34.3 Å². The second-order valence-corrected chi connectivity index (χ2v) is 6.77. The molecule has 0 saturated carbocycles. The summed E-state index contributed by atoms with van der Waals surface area (Å²) in [6.45, 7) is 6.81. The molecule has 0 aliphatic rings. The number of para-hydroxylation sites is 1. The molecule has 3 aromatic rings. The van der Waals surface area contributed by atoms with Crippen molar-refractivity contribution in [1.82, 2.24) is 24.5 Å². The number of carbonyl (C=O) groups is 1. The van der Waals surface area contributed by atoms with Crippen molar-refractivity contribution in [3.63, 3.8) is 0 Å². The highest BCUT2D eigenvalue weighted by Gasteiger charge is 2.16. The van der Waals surface area contributed by atoms with E-state index in [1.54, 1.807) is 12.1 Å². The number of nitrogens with one attached hydrogen (secondary N) is 1. The van der Waals surface area contributed by atoms with Gasteiger partial charge in [0.25, 0.3) is 5.56 Å². The summed E-state index contributed by atoms with van der Waals surface area (Å²) in [6.07, 6.45) is 3.65. The first kappa shape index (κ1) is 18.2. The standard InChI is InChI=1S/C18H21N5O2S/c1-3-5-10-19-15(24)12-26-18-21-20-17-22(11-4-2)16(25)13-8-6-7-9-14(13)23(17)18/h4,6-9H,2-3,5,10-12H2,1H3,(H,19,24). The van der Waals surface area contributed by atoms with Gasteiger partial charge in [0.2, 0.25) is 11.7 Å². The lowest BCUT2D eigenvalue weighted by molar-refractivity contribution is -0.118. The van der Waals surface area contributed by atoms with E-state index in [0.717, 1.165) is 18.4 Å². The lowest BCUT2D eigenvalue weighted by Gasteiger charge is -2.09. The second-order valence-electron chi connectivity index (χ2n) is 5.83. The van der Waals surface area contributed by atoms with Crippen molar-refractivity contribution in [2.75, 3.05) is 12.3 Å². The SMILES string of the molecule is C=CCn1c(=O)c2ccccc2n2c(SCC(=O)NCCCC)nnc12. The number of rotatable bonds is 8. The lowest BCUT2D eigenvalue weighted by atomic mass is 10.2. The van der Waals surface area contributed by atoms with Gasteiger partial charge in [-0.15, -0.1) is 16.8 Å². The van der Waals surface area contributed by atoms with E-state index in [0.29, 0.717) is 29.4 Å². The van der Waals surface area contributed by atoms with Gasteiger partial charge in [0.15, 0.2) is 5.16 Å². The Morgan fingerprint density at radius 2 is 2.15 bits per heavy atom. The number of hydrogen-bond donors (Lipinski definition) is 1. The Balaban J connectivity index is 1.99. The van der Waals surface area contributed by atoms with Crippen molar-refractivity contribution in [3.05, 3.63) is 47.3 Å². The number of thioether (sulfide) groups is 1. The molecule has 26 heavy (non-hydrogen) atoms. The zero-order chi connectivity index (χ0) is 18.5. The highest BCUT2D eigenvalue weighted by molar-refractivity contribution is 7.99. The third kappa shape index (κ3) is 3.50. The Labute approximate surface area is 155 Å². The van der Waals surface area contributed by atoms with Crippen molar-refractivity contribution in [3.8, 4) is 0 Å². The number of aromatic nitrogens is 4. The van der Waals surface area contributed by atoms with Crippen LogP contribution in [0.5, 0.6) is 0 Å². The van der Waals surface area contributed by atoms with Gasteiger partial charge in [-0.2, -0.15) is 0 Å². The molecule has 0 aliphatic heterocycles. The van der Waals surface area contributed by atoms with Crippen molar-refractivity contribution in [2.24, 2.45) is 0 Å². The molecule has 2 heterocycles. The normalized spacial score (nSPS) is 11.1. The van der Waals surface area contributed by atoms with Crippen molar-refractivity contribution < 1.29 is 4.79 Å². The van der Waals surface area contributed by atoms with E-state index in [2.05, 4.69) is 29.0 Å². The maximum absolute atomic E-state index is 12.7. The maximum Gasteiger partial charge on any atom is 0.263 e. The van der Waals surface area contributed by atoms with Crippen molar-refractivity contribution in [2.45, 2.75) is 31.5 Å². The molecule has 0 fully saturated rings. The first-order chi connectivity index (χ1) is 12.7. The van der Waals surface area contributed by atoms with Gasteiger partial charge in [0, 0.05) is 13.1 Å². The predicted octanol–water partition coefficient (Wildman–Crippen LogP) is 2.24. The molecule has 8 heteroatoms. The zero-order valence-corrected chi connectivity index (χ0v) is 15.5. The number of hydrogen-bond acceptors (Lipinski definition) is 5. The molecule has 0 atom stereocenters. The molecule has 0 spiro atoms. The summed E-state index contributed by atoms with van der Waals surface area (Å²) in [5.74, 6) is 0.658. The van der Waals surface area contributed by atoms with Crippen LogP contribution in [0.1, 0.15) is 19.8 Å². The summed E-state index contributed by atoms with van der Waals surface area (Å²) >= 11 is 1.31. The molecule has 0 radical (unpaired) electrons. The number of benzene rings is 1.